The molecule has 0 saturated heterocycles. The van der Waals surface area contributed by atoms with E-state index in [1.54, 1.807) is 11.3 Å². The van der Waals surface area contributed by atoms with Gasteiger partial charge in [0.15, 0.2) is 0 Å². The van der Waals surface area contributed by atoms with Crippen molar-refractivity contribution in [1.82, 2.24) is 4.72 Å². The summed E-state index contributed by atoms with van der Waals surface area (Å²) in [7, 11) is -3.08. The molecular weight excluding hydrogens is 230 g/mol. The number of hydrogen-bond acceptors (Lipinski definition) is 3. The molecule has 0 fully saturated rings. The van der Waals surface area contributed by atoms with Gasteiger partial charge in [-0.1, -0.05) is 13.8 Å². The van der Waals surface area contributed by atoms with Gasteiger partial charge in [-0.3, -0.25) is 0 Å². The van der Waals surface area contributed by atoms with Crippen LogP contribution in [0.2, 0.25) is 0 Å². The number of nitrogens with one attached hydrogen (secondary N) is 1. The van der Waals surface area contributed by atoms with Crippen molar-refractivity contribution in [3.8, 4) is 0 Å². The first-order valence-corrected chi connectivity index (χ1v) is 7.57. The molecule has 3 nitrogen and oxygen atoms in total. The second-order valence-corrected chi connectivity index (χ2v) is 6.58. The van der Waals surface area contributed by atoms with Gasteiger partial charge in [0.05, 0.1) is 5.75 Å². The maximum absolute atomic E-state index is 11.5. The quantitative estimate of drug-likeness (QED) is 0.834. The third-order valence-corrected chi connectivity index (χ3v) is 4.35. The lowest BCUT2D eigenvalue weighted by atomic mass is 10.2. The maximum atomic E-state index is 11.5. The van der Waals surface area contributed by atoms with E-state index in [9.17, 15) is 8.42 Å². The van der Waals surface area contributed by atoms with E-state index in [0.717, 1.165) is 6.42 Å². The third kappa shape index (κ3) is 5.30. The zero-order valence-corrected chi connectivity index (χ0v) is 10.7. The monoisotopic (exact) mass is 247 g/mol. The second-order valence-electron chi connectivity index (χ2n) is 3.95. The van der Waals surface area contributed by atoms with Crippen LogP contribution in [0.3, 0.4) is 0 Å². The summed E-state index contributed by atoms with van der Waals surface area (Å²) < 4.78 is 25.5. The van der Waals surface area contributed by atoms with Crippen LogP contribution in [0, 0.1) is 5.92 Å². The number of rotatable bonds is 6. The van der Waals surface area contributed by atoms with Gasteiger partial charge in [-0.15, -0.1) is 0 Å². The van der Waals surface area contributed by atoms with Gasteiger partial charge in [-0.2, -0.15) is 11.3 Å². The largest absolute Gasteiger partial charge is 0.215 e. The Kier molecular flexibility index (Phi) is 4.76. The number of thiophene rings is 1. The Morgan fingerprint density at radius 2 is 2.20 bits per heavy atom. The van der Waals surface area contributed by atoms with Crippen LogP contribution in [0.4, 0.5) is 0 Å². The van der Waals surface area contributed by atoms with Crippen molar-refractivity contribution in [2.75, 3.05) is 12.3 Å². The summed E-state index contributed by atoms with van der Waals surface area (Å²) in [4.78, 5) is 0. The standard InChI is InChI=1S/C10H17NO2S2/c1-9(2)8-15(12,13)11-5-3-10-4-6-14-7-10/h4,6-7,9,11H,3,5,8H2,1-2H3. The van der Waals surface area contributed by atoms with Gasteiger partial charge in [-0.05, 0) is 34.7 Å². The smallest absolute Gasteiger partial charge is 0.211 e. The van der Waals surface area contributed by atoms with Gasteiger partial charge >= 0.3 is 0 Å². The third-order valence-electron chi connectivity index (χ3n) is 1.87. The van der Waals surface area contributed by atoms with E-state index >= 15 is 0 Å². The van der Waals surface area contributed by atoms with E-state index in [-0.39, 0.29) is 11.7 Å². The van der Waals surface area contributed by atoms with E-state index in [4.69, 9.17) is 0 Å². The summed E-state index contributed by atoms with van der Waals surface area (Å²) in [5.74, 6) is 0.375. The lowest BCUT2D eigenvalue weighted by Crippen LogP contribution is -2.30. The fourth-order valence-electron chi connectivity index (χ4n) is 1.28. The molecule has 0 saturated carbocycles. The summed E-state index contributed by atoms with van der Waals surface area (Å²) >= 11 is 1.63. The average Bonchev–Trinajstić information content (AvgIpc) is 2.53. The van der Waals surface area contributed by atoms with Crippen LogP contribution in [-0.2, 0) is 16.4 Å². The molecule has 0 aromatic carbocycles. The molecule has 0 aliphatic carbocycles. The maximum Gasteiger partial charge on any atom is 0.211 e. The lowest BCUT2D eigenvalue weighted by Gasteiger charge is -2.07. The van der Waals surface area contributed by atoms with Crippen LogP contribution in [0.5, 0.6) is 0 Å². The first kappa shape index (κ1) is 12.7. The molecule has 0 aliphatic heterocycles. The number of sulfonamides is 1. The van der Waals surface area contributed by atoms with Gasteiger partial charge in [0.1, 0.15) is 0 Å². The molecule has 0 atom stereocenters. The molecule has 1 heterocycles. The molecule has 15 heavy (non-hydrogen) atoms. The highest BCUT2D eigenvalue weighted by Crippen LogP contribution is 2.06. The molecule has 0 spiro atoms. The molecule has 0 aliphatic rings. The Hall–Kier alpha value is -0.390. The van der Waals surface area contributed by atoms with Gasteiger partial charge in [-0.25, -0.2) is 13.1 Å². The van der Waals surface area contributed by atoms with E-state index in [1.165, 1.54) is 5.56 Å². The summed E-state index contributed by atoms with van der Waals surface area (Å²) in [5, 5.41) is 4.04. The van der Waals surface area contributed by atoms with E-state index < -0.39 is 10.0 Å². The molecule has 0 amide bonds. The normalized spacial score (nSPS) is 12.2. The predicted octanol–water partition coefficient (Wildman–Crippen LogP) is 1.87. The van der Waals surface area contributed by atoms with Gasteiger partial charge in [0.25, 0.3) is 0 Å². The van der Waals surface area contributed by atoms with Crippen molar-refractivity contribution in [2.45, 2.75) is 20.3 Å². The Morgan fingerprint density at radius 3 is 2.73 bits per heavy atom. The molecule has 0 radical (unpaired) electrons. The van der Waals surface area contributed by atoms with Crippen molar-refractivity contribution in [2.24, 2.45) is 5.92 Å². The predicted molar refractivity (Wildman–Crippen MR) is 64.7 cm³/mol. The van der Waals surface area contributed by atoms with Crippen molar-refractivity contribution < 1.29 is 8.42 Å². The van der Waals surface area contributed by atoms with E-state index in [1.807, 2.05) is 30.7 Å². The van der Waals surface area contributed by atoms with Crippen LogP contribution in [-0.4, -0.2) is 20.7 Å². The number of hydrogen-bond donors (Lipinski definition) is 1. The molecule has 1 aromatic heterocycles. The topological polar surface area (TPSA) is 46.2 Å². The minimum absolute atomic E-state index is 0.170. The Morgan fingerprint density at radius 1 is 1.47 bits per heavy atom. The Bertz CT molecular complexity index is 368. The molecule has 0 unspecified atom stereocenters. The van der Waals surface area contributed by atoms with Crippen molar-refractivity contribution >= 4 is 21.4 Å². The molecular formula is C10H17NO2S2. The fourth-order valence-corrected chi connectivity index (χ4v) is 3.40. The van der Waals surface area contributed by atoms with Gasteiger partial charge in [0.2, 0.25) is 10.0 Å². The molecule has 86 valence electrons. The van der Waals surface area contributed by atoms with Crippen molar-refractivity contribution in [1.29, 1.82) is 0 Å². The molecule has 1 aromatic rings. The molecule has 0 bridgehead atoms. The first-order valence-electron chi connectivity index (χ1n) is 4.98. The van der Waals surface area contributed by atoms with Gasteiger partial charge < -0.3 is 0 Å². The summed E-state index contributed by atoms with van der Waals surface area (Å²) in [5.41, 5.74) is 1.19. The minimum atomic E-state index is -3.08. The van der Waals surface area contributed by atoms with Crippen LogP contribution in [0.15, 0.2) is 16.8 Å². The molecule has 1 N–H and O–H groups in total. The van der Waals surface area contributed by atoms with Crippen molar-refractivity contribution in [3.05, 3.63) is 22.4 Å². The van der Waals surface area contributed by atoms with Gasteiger partial charge in [0, 0.05) is 6.54 Å². The Balaban J connectivity index is 2.31. The van der Waals surface area contributed by atoms with Crippen LogP contribution in [0.1, 0.15) is 19.4 Å². The highest BCUT2D eigenvalue weighted by molar-refractivity contribution is 7.89. The fraction of sp³-hybridized carbons (Fsp3) is 0.600. The van der Waals surface area contributed by atoms with Crippen LogP contribution >= 0.6 is 11.3 Å². The zero-order valence-electron chi connectivity index (χ0n) is 9.06. The first-order chi connectivity index (χ1) is 6.99. The molecule has 1 rings (SSSR count). The van der Waals surface area contributed by atoms with E-state index in [2.05, 4.69) is 4.72 Å². The van der Waals surface area contributed by atoms with E-state index in [0.29, 0.717) is 6.54 Å². The second kappa shape index (κ2) is 5.63. The van der Waals surface area contributed by atoms with Crippen LogP contribution < -0.4 is 4.72 Å². The highest BCUT2D eigenvalue weighted by Gasteiger charge is 2.11. The molecule has 5 heteroatoms. The van der Waals surface area contributed by atoms with Crippen molar-refractivity contribution in [3.63, 3.8) is 0 Å². The highest BCUT2D eigenvalue weighted by atomic mass is 32.2. The zero-order chi connectivity index (χ0) is 11.3. The Labute approximate surface area is 95.6 Å². The SMILES string of the molecule is CC(C)CS(=O)(=O)NCCc1ccsc1. The minimum Gasteiger partial charge on any atom is -0.215 e. The average molecular weight is 247 g/mol. The summed E-state index contributed by atoms with van der Waals surface area (Å²) in [6, 6.07) is 2.02. The summed E-state index contributed by atoms with van der Waals surface area (Å²) in [6.45, 7) is 4.29. The summed E-state index contributed by atoms with van der Waals surface area (Å²) in [6.07, 6.45) is 0.765. The van der Waals surface area contributed by atoms with Crippen LogP contribution in [0.25, 0.3) is 0 Å². The lowest BCUT2D eigenvalue weighted by molar-refractivity contribution is 0.568.